The third kappa shape index (κ3) is 5.28. The maximum atomic E-state index is 12.9. The number of aromatic nitrogens is 2. The molecule has 0 aliphatic carbocycles. The second kappa shape index (κ2) is 9.30. The van der Waals surface area contributed by atoms with Crippen LogP contribution >= 0.6 is 0 Å². The van der Waals surface area contributed by atoms with E-state index in [1.165, 1.54) is 11.1 Å². The van der Waals surface area contributed by atoms with Crippen LogP contribution in [0.3, 0.4) is 0 Å². The van der Waals surface area contributed by atoms with Crippen LogP contribution in [0, 0.1) is 5.41 Å². The van der Waals surface area contributed by atoms with Crippen LogP contribution in [0.5, 0.6) is 11.5 Å². The Balaban J connectivity index is 1.35. The van der Waals surface area contributed by atoms with Gasteiger partial charge in [0.1, 0.15) is 0 Å². The highest BCUT2D eigenvalue weighted by Gasteiger charge is 2.22. The summed E-state index contributed by atoms with van der Waals surface area (Å²) in [6, 6.07) is 6.58. The summed E-state index contributed by atoms with van der Waals surface area (Å²) in [5, 5.41) is 17.9. The molecule has 2 amide bonds. The van der Waals surface area contributed by atoms with Gasteiger partial charge in [-0.1, -0.05) is 25.9 Å². The number of aliphatic hydroxyl groups is 1. The Morgan fingerprint density at radius 2 is 1.94 bits per heavy atom. The summed E-state index contributed by atoms with van der Waals surface area (Å²) in [6.45, 7) is 6.40. The number of hydrogen-bond acceptors (Lipinski definition) is 8. The Morgan fingerprint density at radius 1 is 1.18 bits per heavy atom. The first-order valence-electron chi connectivity index (χ1n) is 11.0. The van der Waals surface area contributed by atoms with Gasteiger partial charge in [0.15, 0.2) is 11.5 Å². The lowest BCUT2D eigenvalue weighted by Gasteiger charge is -2.21. The molecular formula is C24H28N4O6. The highest BCUT2D eigenvalue weighted by molar-refractivity contribution is 5.97. The predicted octanol–water partition coefficient (Wildman–Crippen LogP) is 2.40. The summed E-state index contributed by atoms with van der Waals surface area (Å²) in [7, 11) is 1.58. The van der Waals surface area contributed by atoms with Crippen LogP contribution in [0.1, 0.15) is 47.2 Å². The fourth-order valence-corrected chi connectivity index (χ4v) is 3.66. The molecule has 180 valence electrons. The van der Waals surface area contributed by atoms with Crippen LogP contribution in [-0.4, -0.2) is 65.0 Å². The van der Waals surface area contributed by atoms with Crippen molar-refractivity contribution >= 4 is 22.9 Å². The zero-order valence-corrected chi connectivity index (χ0v) is 19.6. The lowest BCUT2D eigenvalue weighted by atomic mass is 9.90. The zero-order chi connectivity index (χ0) is 24.5. The molecular weight excluding hydrogens is 440 g/mol. The van der Waals surface area contributed by atoms with Crippen molar-refractivity contribution in [1.82, 2.24) is 20.4 Å². The van der Waals surface area contributed by atoms with E-state index in [0.717, 1.165) is 5.69 Å². The molecule has 1 unspecified atom stereocenters. The maximum absolute atomic E-state index is 12.9. The van der Waals surface area contributed by atoms with E-state index in [1.54, 1.807) is 31.3 Å². The van der Waals surface area contributed by atoms with Crippen LogP contribution in [0.2, 0.25) is 0 Å². The highest BCUT2D eigenvalue weighted by atomic mass is 16.7. The van der Waals surface area contributed by atoms with E-state index < -0.39 is 6.10 Å². The van der Waals surface area contributed by atoms with Gasteiger partial charge in [-0.3, -0.25) is 9.59 Å². The van der Waals surface area contributed by atoms with Crippen molar-refractivity contribution in [3.05, 3.63) is 47.3 Å². The number of ether oxygens (including phenoxy) is 2. The van der Waals surface area contributed by atoms with Gasteiger partial charge in [0.05, 0.1) is 22.7 Å². The summed E-state index contributed by atoms with van der Waals surface area (Å²) < 4.78 is 15.8. The molecule has 3 aromatic rings. The van der Waals surface area contributed by atoms with E-state index in [-0.39, 0.29) is 37.1 Å². The monoisotopic (exact) mass is 468 g/mol. The maximum Gasteiger partial charge on any atom is 0.257 e. The van der Waals surface area contributed by atoms with Crippen LogP contribution in [0.25, 0.3) is 11.1 Å². The Labute approximate surface area is 196 Å². The number of nitrogens with zero attached hydrogens (tertiary/aromatic N) is 3. The van der Waals surface area contributed by atoms with E-state index in [4.69, 9.17) is 14.0 Å². The van der Waals surface area contributed by atoms with E-state index in [1.807, 2.05) is 0 Å². The number of hydrogen-bond donors (Lipinski definition) is 2. The summed E-state index contributed by atoms with van der Waals surface area (Å²) in [6.07, 6.45) is 1.15. The van der Waals surface area contributed by atoms with Crippen LogP contribution < -0.4 is 14.8 Å². The summed E-state index contributed by atoms with van der Waals surface area (Å²) >= 11 is 0. The number of fused-ring (bicyclic) bond motifs is 2. The molecule has 4 rings (SSSR count). The second-order valence-electron chi connectivity index (χ2n) is 9.56. The molecule has 10 nitrogen and oxygen atoms in total. The zero-order valence-electron chi connectivity index (χ0n) is 19.6. The third-order valence-electron chi connectivity index (χ3n) is 5.31. The highest BCUT2D eigenvalue weighted by Crippen LogP contribution is 2.32. The molecule has 1 aliphatic rings. The van der Waals surface area contributed by atoms with Crippen molar-refractivity contribution in [2.24, 2.45) is 5.41 Å². The van der Waals surface area contributed by atoms with Gasteiger partial charge in [0.25, 0.3) is 17.5 Å². The van der Waals surface area contributed by atoms with Gasteiger partial charge in [-0.15, -0.1) is 0 Å². The molecule has 0 radical (unpaired) electrons. The van der Waals surface area contributed by atoms with Crippen LogP contribution in [0.15, 0.2) is 35.0 Å². The summed E-state index contributed by atoms with van der Waals surface area (Å²) in [5.41, 5.74) is 1.88. The number of benzene rings is 1. The van der Waals surface area contributed by atoms with Gasteiger partial charge in [-0.25, -0.2) is 4.98 Å². The molecule has 0 saturated carbocycles. The number of likely N-dealkylation sites (N-methyl/N-ethyl adjacent to an activating group) is 1. The Hall–Kier alpha value is -3.66. The predicted molar refractivity (Wildman–Crippen MR) is 123 cm³/mol. The smallest absolute Gasteiger partial charge is 0.257 e. The minimum absolute atomic E-state index is 0.00421. The first-order chi connectivity index (χ1) is 16.1. The third-order valence-corrected chi connectivity index (χ3v) is 5.31. The first kappa shape index (κ1) is 23.5. The average molecular weight is 469 g/mol. The van der Waals surface area contributed by atoms with Crippen molar-refractivity contribution in [2.45, 2.75) is 33.3 Å². The van der Waals surface area contributed by atoms with E-state index in [0.29, 0.717) is 40.1 Å². The number of pyridine rings is 1. The van der Waals surface area contributed by atoms with Gasteiger partial charge in [-0.05, 0) is 36.1 Å². The average Bonchev–Trinajstić information content (AvgIpc) is 3.42. The number of carbonyl (C=O) groups is 2. The standard InChI is InChI=1S/C24H28N4O6/c1-24(2,3)9-18-17-7-15(10-26-22(17)34-27-18)23(31)28(4)12-16(29)11-25-21(30)14-5-6-19-20(8-14)33-13-32-19/h5-8,10,16,29H,9,11-13H2,1-4H3,(H,25,30). The van der Waals surface area contributed by atoms with Gasteiger partial charge in [0, 0.05) is 31.9 Å². The molecule has 0 fully saturated rings. The molecule has 1 aromatic carbocycles. The van der Waals surface area contributed by atoms with Crippen molar-refractivity contribution < 1.29 is 28.7 Å². The first-order valence-corrected chi connectivity index (χ1v) is 11.0. The van der Waals surface area contributed by atoms with Gasteiger partial charge >= 0.3 is 0 Å². The fourth-order valence-electron chi connectivity index (χ4n) is 3.66. The van der Waals surface area contributed by atoms with Crippen molar-refractivity contribution in [1.29, 1.82) is 0 Å². The molecule has 34 heavy (non-hydrogen) atoms. The molecule has 0 saturated heterocycles. The number of rotatable bonds is 7. The van der Waals surface area contributed by atoms with Gasteiger partial charge in [-0.2, -0.15) is 0 Å². The molecule has 0 spiro atoms. The minimum Gasteiger partial charge on any atom is -0.454 e. The van der Waals surface area contributed by atoms with Crippen molar-refractivity contribution in [2.75, 3.05) is 26.9 Å². The number of nitrogens with one attached hydrogen (secondary N) is 1. The molecule has 10 heteroatoms. The molecule has 2 N–H and O–H groups in total. The fraction of sp³-hybridized carbons (Fsp3) is 0.417. The van der Waals surface area contributed by atoms with E-state index >= 15 is 0 Å². The normalized spacial score (nSPS) is 13.7. The number of aliphatic hydroxyl groups excluding tert-OH is 1. The van der Waals surface area contributed by atoms with Crippen LogP contribution in [0.4, 0.5) is 0 Å². The van der Waals surface area contributed by atoms with Gasteiger partial charge in [0.2, 0.25) is 6.79 Å². The molecule has 1 atom stereocenters. The van der Waals surface area contributed by atoms with E-state index in [9.17, 15) is 14.7 Å². The minimum atomic E-state index is -0.962. The molecule has 3 heterocycles. The number of carbonyl (C=O) groups excluding carboxylic acids is 2. The van der Waals surface area contributed by atoms with E-state index in [2.05, 4.69) is 36.2 Å². The van der Waals surface area contributed by atoms with Crippen LogP contribution in [-0.2, 0) is 6.42 Å². The summed E-state index contributed by atoms with van der Waals surface area (Å²) in [4.78, 5) is 30.9. The molecule has 0 bridgehead atoms. The second-order valence-corrected chi connectivity index (χ2v) is 9.56. The Morgan fingerprint density at radius 3 is 2.71 bits per heavy atom. The van der Waals surface area contributed by atoms with Crippen molar-refractivity contribution in [3.8, 4) is 11.5 Å². The topological polar surface area (TPSA) is 127 Å². The largest absolute Gasteiger partial charge is 0.454 e. The quantitative estimate of drug-likeness (QED) is 0.541. The lowest BCUT2D eigenvalue weighted by Crippen LogP contribution is -2.41. The number of amides is 2. The van der Waals surface area contributed by atoms with Crippen molar-refractivity contribution in [3.63, 3.8) is 0 Å². The SMILES string of the molecule is CN(CC(O)CNC(=O)c1ccc2c(c1)OCO2)C(=O)c1cnc2onc(CC(C)(C)C)c2c1. The molecule has 1 aliphatic heterocycles. The summed E-state index contributed by atoms with van der Waals surface area (Å²) in [5.74, 6) is 0.419. The molecule has 2 aromatic heterocycles. The Kier molecular flexibility index (Phi) is 6.43. The Bertz CT molecular complexity index is 1220. The van der Waals surface area contributed by atoms with Gasteiger partial charge < -0.3 is 29.3 Å². The lowest BCUT2D eigenvalue weighted by molar-refractivity contribution is 0.0672.